The van der Waals surface area contributed by atoms with Gasteiger partial charge in [0.15, 0.2) is 17.3 Å². The van der Waals surface area contributed by atoms with Crippen LogP contribution in [0.5, 0.6) is 11.5 Å². The zero-order valence-electron chi connectivity index (χ0n) is 12.8. The van der Waals surface area contributed by atoms with Crippen LogP contribution < -0.4 is 5.73 Å². The van der Waals surface area contributed by atoms with Crippen LogP contribution >= 0.6 is 0 Å². The molecule has 6 nitrogen and oxygen atoms in total. The van der Waals surface area contributed by atoms with Crippen LogP contribution in [-0.2, 0) is 18.9 Å². The van der Waals surface area contributed by atoms with E-state index in [0.717, 1.165) is 11.4 Å². The second-order valence-corrected chi connectivity index (χ2v) is 6.30. The molecule has 1 aromatic carbocycles. The molecule has 1 heterocycles. The Balaban J connectivity index is 2.22. The van der Waals surface area contributed by atoms with Gasteiger partial charge in [0.2, 0.25) is 0 Å². The summed E-state index contributed by atoms with van der Waals surface area (Å²) >= 11 is 0. The number of nitrogens with two attached hydrogens (primary N) is 1. The maximum absolute atomic E-state index is 9.52. The first-order chi connectivity index (χ1) is 9.68. The predicted octanol–water partition coefficient (Wildman–Crippen LogP) is 1.77. The van der Waals surface area contributed by atoms with Crippen molar-refractivity contribution in [1.29, 1.82) is 0 Å². The van der Waals surface area contributed by atoms with E-state index in [0.29, 0.717) is 12.2 Å². The van der Waals surface area contributed by atoms with E-state index in [2.05, 4.69) is 30.9 Å². The number of aromatic hydroxyl groups is 2. The zero-order valence-corrected chi connectivity index (χ0v) is 12.8. The van der Waals surface area contributed by atoms with E-state index in [9.17, 15) is 10.2 Å². The Morgan fingerprint density at radius 3 is 2.43 bits per heavy atom. The monoisotopic (exact) mass is 290 g/mol. The molecule has 1 unspecified atom stereocenters. The summed E-state index contributed by atoms with van der Waals surface area (Å²) in [6, 6.07) is 4.36. The van der Waals surface area contributed by atoms with Crippen LogP contribution in [0.2, 0.25) is 0 Å². The van der Waals surface area contributed by atoms with Crippen LogP contribution in [0.4, 0.5) is 0 Å². The average Bonchev–Trinajstić information content (AvgIpc) is 2.76. The van der Waals surface area contributed by atoms with Crippen molar-refractivity contribution >= 4 is 0 Å². The molecule has 0 saturated carbocycles. The Morgan fingerprint density at radius 1 is 1.24 bits per heavy atom. The molecule has 6 heteroatoms. The van der Waals surface area contributed by atoms with Gasteiger partial charge in [0.25, 0.3) is 0 Å². The lowest BCUT2D eigenvalue weighted by atomic mass is 9.96. The van der Waals surface area contributed by atoms with Gasteiger partial charge in [0, 0.05) is 12.5 Å². The maximum Gasteiger partial charge on any atom is 0.157 e. The van der Waals surface area contributed by atoms with Crippen LogP contribution in [0.1, 0.15) is 44.0 Å². The van der Waals surface area contributed by atoms with Gasteiger partial charge >= 0.3 is 0 Å². The Bertz CT molecular complexity index is 644. The summed E-state index contributed by atoms with van der Waals surface area (Å²) in [5.74, 6) is 1.17. The number of phenols is 2. The van der Waals surface area contributed by atoms with Crippen molar-refractivity contribution in [3.8, 4) is 11.5 Å². The molecule has 2 aromatic rings. The zero-order chi connectivity index (χ0) is 15.8. The van der Waals surface area contributed by atoms with Crippen molar-refractivity contribution in [2.45, 2.75) is 38.6 Å². The van der Waals surface area contributed by atoms with Crippen molar-refractivity contribution < 1.29 is 10.2 Å². The smallest absolute Gasteiger partial charge is 0.157 e. The minimum Gasteiger partial charge on any atom is -0.504 e. The molecule has 1 aromatic heterocycles. The van der Waals surface area contributed by atoms with E-state index in [4.69, 9.17) is 5.73 Å². The molecule has 21 heavy (non-hydrogen) atoms. The number of aryl methyl sites for hydroxylation is 1. The SMILES string of the molecule is Cn1nc(C(C)(C)C)nc1C(N)Cc1ccc(O)c(O)c1. The Morgan fingerprint density at radius 2 is 1.90 bits per heavy atom. The van der Waals surface area contributed by atoms with Crippen LogP contribution in [0.3, 0.4) is 0 Å². The molecule has 0 aliphatic rings. The van der Waals surface area contributed by atoms with Gasteiger partial charge < -0.3 is 15.9 Å². The predicted molar refractivity (Wildman–Crippen MR) is 80.1 cm³/mol. The summed E-state index contributed by atoms with van der Waals surface area (Å²) in [7, 11) is 1.83. The summed E-state index contributed by atoms with van der Waals surface area (Å²) in [4.78, 5) is 4.53. The van der Waals surface area contributed by atoms with Crippen molar-refractivity contribution in [3.05, 3.63) is 35.4 Å². The van der Waals surface area contributed by atoms with Crippen molar-refractivity contribution in [3.63, 3.8) is 0 Å². The molecule has 1 atom stereocenters. The lowest BCUT2D eigenvalue weighted by Gasteiger charge is -2.12. The van der Waals surface area contributed by atoms with Gasteiger partial charge in [0.1, 0.15) is 5.82 Å². The third-order valence-electron chi connectivity index (χ3n) is 3.29. The van der Waals surface area contributed by atoms with Crippen molar-refractivity contribution in [2.75, 3.05) is 0 Å². The number of benzene rings is 1. The highest BCUT2D eigenvalue weighted by Crippen LogP contribution is 2.27. The van der Waals surface area contributed by atoms with Crippen LogP contribution in [0.25, 0.3) is 0 Å². The van der Waals surface area contributed by atoms with Gasteiger partial charge in [0.05, 0.1) is 6.04 Å². The normalized spacial score (nSPS) is 13.4. The van der Waals surface area contributed by atoms with Crippen LogP contribution in [0, 0.1) is 0 Å². The fourth-order valence-corrected chi connectivity index (χ4v) is 2.08. The van der Waals surface area contributed by atoms with E-state index in [1.54, 1.807) is 10.7 Å². The molecule has 114 valence electrons. The first-order valence-electron chi connectivity index (χ1n) is 6.86. The van der Waals surface area contributed by atoms with E-state index >= 15 is 0 Å². The molecule has 0 aliphatic carbocycles. The fraction of sp³-hybridized carbons (Fsp3) is 0.467. The van der Waals surface area contributed by atoms with Crippen LogP contribution in [-0.4, -0.2) is 25.0 Å². The molecule has 2 rings (SSSR count). The summed E-state index contributed by atoms with van der Waals surface area (Å²) in [6.07, 6.45) is 0.504. The first kappa shape index (κ1) is 15.3. The van der Waals surface area contributed by atoms with Gasteiger partial charge in [-0.25, -0.2) is 4.98 Å². The third kappa shape index (κ3) is 3.33. The Labute approximate surface area is 124 Å². The fourth-order valence-electron chi connectivity index (χ4n) is 2.08. The minimum atomic E-state index is -0.331. The Kier molecular flexibility index (Phi) is 3.91. The summed E-state index contributed by atoms with van der Waals surface area (Å²) in [5, 5.41) is 23.3. The van der Waals surface area contributed by atoms with Crippen LogP contribution in [0.15, 0.2) is 18.2 Å². The molecular formula is C15H22N4O2. The molecule has 0 amide bonds. The molecular weight excluding hydrogens is 268 g/mol. The molecule has 0 fully saturated rings. The second kappa shape index (κ2) is 5.37. The first-order valence-corrected chi connectivity index (χ1v) is 6.86. The Hall–Kier alpha value is -2.08. The van der Waals surface area contributed by atoms with Crippen molar-refractivity contribution in [1.82, 2.24) is 14.8 Å². The molecule has 0 saturated heterocycles. The van der Waals surface area contributed by atoms with Gasteiger partial charge in [-0.15, -0.1) is 0 Å². The third-order valence-corrected chi connectivity index (χ3v) is 3.29. The molecule has 0 aliphatic heterocycles. The molecule has 0 radical (unpaired) electrons. The van der Waals surface area contributed by atoms with E-state index in [1.165, 1.54) is 12.1 Å². The molecule has 0 bridgehead atoms. The van der Waals surface area contributed by atoms with Gasteiger partial charge in [-0.1, -0.05) is 26.8 Å². The molecule has 0 spiro atoms. The molecule has 4 N–H and O–H groups in total. The lowest BCUT2D eigenvalue weighted by Crippen LogP contribution is -2.18. The largest absolute Gasteiger partial charge is 0.504 e. The average molecular weight is 290 g/mol. The standard InChI is InChI=1S/C15H22N4O2/c1-15(2,3)14-17-13(19(4)18-14)10(16)7-9-5-6-11(20)12(21)8-9/h5-6,8,10,20-21H,7,16H2,1-4H3. The summed E-state index contributed by atoms with van der Waals surface area (Å²) < 4.78 is 1.70. The van der Waals surface area contributed by atoms with E-state index in [1.807, 2.05) is 7.05 Å². The quantitative estimate of drug-likeness (QED) is 0.748. The second-order valence-electron chi connectivity index (χ2n) is 6.30. The number of nitrogens with zero attached hydrogens (tertiary/aromatic N) is 3. The minimum absolute atomic E-state index is 0.132. The van der Waals surface area contributed by atoms with Gasteiger partial charge in [-0.2, -0.15) is 5.10 Å². The summed E-state index contributed by atoms with van der Waals surface area (Å²) in [6.45, 7) is 6.15. The lowest BCUT2D eigenvalue weighted by molar-refractivity contribution is 0.403. The maximum atomic E-state index is 9.52. The highest BCUT2D eigenvalue weighted by molar-refractivity contribution is 5.40. The summed E-state index contributed by atoms with van der Waals surface area (Å²) in [5.41, 5.74) is 6.90. The number of rotatable bonds is 3. The van der Waals surface area contributed by atoms with Crippen molar-refractivity contribution in [2.24, 2.45) is 12.8 Å². The highest BCUT2D eigenvalue weighted by atomic mass is 16.3. The van der Waals surface area contributed by atoms with E-state index in [-0.39, 0.29) is 23.0 Å². The van der Waals surface area contributed by atoms with Gasteiger partial charge in [-0.05, 0) is 24.1 Å². The highest BCUT2D eigenvalue weighted by Gasteiger charge is 2.23. The number of hydrogen-bond acceptors (Lipinski definition) is 5. The topological polar surface area (TPSA) is 97.2 Å². The number of hydrogen-bond donors (Lipinski definition) is 3. The van der Waals surface area contributed by atoms with E-state index < -0.39 is 0 Å². The number of aromatic nitrogens is 3. The van der Waals surface area contributed by atoms with Gasteiger partial charge in [-0.3, -0.25) is 4.68 Å². The number of phenolic OH excluding ortho intramolecular Hbond substituents is 2.